The number of rotatable bonds is 6. The van der Waals surface area contributed by atoms with Gasteiger partial charge in [-0.3, -0.25) is 4.79 Å². The van der Waals surface area contributed by atoms with Crippen LogP contribution >= 0.6 is 23.1 Å². The van der Waals surface area contributed by atoms with Crippen LogP contribution in [0.3, 0.4) is 0 Å². The minimum Gasteiger partial charge on any atom is -0.497 e. The fraction of sp³-hybridized carbons (Fsp3) is 0.263. The van der Waals surface area contributed by atoms with E-state index in [1.54, 1.807) is 34.3 Å². The Kier molecular flexibility index (Phi) is 5.45. The van der Waals surface area contributed by atoms with Crippen molar-refractivity contribution in [3.05, 3.63) is 58.5 Å². The number of hydrogen-bond acceptors (Lipinski definition) is 7. The molecule has 0 bridgehead atoms. The molecule has 7 nitrogen and oxygen atoms in total. The maximum Gasteiger partial charge on any atom is 0.253 e. The van der Waals surface area contributed by atoms with Crippen molar-refractivity contribution < 1.29 is 9.53 Å². The van der Waals surface area contributed by atoms with E-state index in [1.807, 2.05) is 48.8 Å². The number of benzene rings is 1. The van der Waals surface area contributed by atoms with Gasteiger partial charge in [0.25, 0.3) is 5.91 Å². The number of aromatic nitrogens is 3. The molecule has 28 heavy (non-hydrogen) atoms. The van der Waals surface area contributed by atoms with Crippen LogP contribution in [0, 0.1) is 0 Å². The molecule has 0 N–H and O–H groups in total. The summed E-state index contributed by atoms with van der Waals surface area (Å²) in [6, 6.07) is 11.7. The van der Waals surface area contributed by atoms with E-state index in [4.69, 9.17) is 4.74 Å². The van der Waals surface area contributed by atoms with E-state index in [9.17, 15) is 4.79 Å². The topological polar surface area (TPSA) is 72.6 Å². The number of thioether (sulfide) groups is 1. The average Bonchev–Trinajstić information content (AvgIpc) is 3.46. The van der Waals surface area contributed by atoms with Crippen molar-refractivity contribution in [2.24, 2.45) is 12.1 Å². The number of ether oxygens (including phenoxy) is 1. The molecule has 1 aliphatic rings. The standard InChI is InChI=1S/C19H19N5O2S2/c1-23-12-20-21-19(23)28-11-18(25)24-16(13-5-7-14(26-2)8-6-13)10-15(22-24)17-4-3-9-27-17/h3-9,12,16H,10-11H2,1-2H3/t16-/m0/s1. The van der Waals surface area contributed by atoms with Gasteiger partial charge in [-0.2, -0.15) is 5.10 Å². The Labute approximate surface area is 171 Å². The molecule has 0 radical (unpaired) electrons. The van der Waals surface area contributed by atoms with Crippen LogP contribution in [0.25, 0.3) is 0 Å². The van der Waals surface area contributed by atoms with Crippen molar-refractivity contribution in [2.75, 3.05) is 12.9 Å². The summed E-state index contributed by atoms with van der Waals surface area (Å²) in [5, 5.41) is 16.9. The number of nitrogens with zero attached hydrogens (tertiary/aromatic N) is 5. The SMILES string of the molecule is COc1ccc([C@@H]2CC(c3cccs3)=NN2C(=O)CSc2nncn2C)cc1. The number of carbonyl (C=O) groups excluding carboxylic acids is 1. The predicted molar refractivity (Wildman–Crippen MR) is 110 cm³/mol. The van der Waals surface area contributed by atoms with E-state index >= 15 is 0 Å². The van der Waals surface area contributed by atoms with Gasteiger partial charge in [-0.15, -0.1) is 21.5 Å². The molecule has 3 aromatic rings. The van der Waals surface area contributed by atoms with Crippen molar-refractivity contribution in [1.82, 2.24) is 19.8 Å². The van der Waals surface area contributed by atoms with Gasteiger partial charge in [-0.05, 0) is 29.1 Å². The van der Waals surface area contributed by atoms with Crippen molar-refractivity contribution in [3.8, 4) is 5.75 Å². The molecule has 3 heterocycles. The van der Waals surface area contributed by atoms with Gasteiger partial charge in [0.1, 0.15) is 12.1 Å². The van der Waals surface area contributed by atoms with Gasteiger partial charge in [0.05, 0.1) is 29.5 Å². The lowest BCUT2D eigenvalue weighted by Crippen LogP contribution is -2.28. The molecule has 144 valence electrons. The second-order valence-corrected chi connectivity index (χ2v) is 8.16. The fourth-order valence-corrected chi connectivity index (χ4v) is 4.47. The number of carbonyl (C=O) groups is 1. The van der Waals surface area contributed by atoms with Crippen molar-refractivity contribution in [1.29, 1.82) is 0 Å². The van der Waals surface area contributed by atoms with Gasteiger partial charge in [-0.25, -0.2) is 5.01 Å². The second kappa shape index (κ2) is 8.15. The monoisotopic (exact) mass is 413 g/mol. The molecule has 4 rings (SSSR count). The third kappa shape index (κ3) is 3.81. The van der Waals surface area contributed by atoms with Crippen LogP contribution < -0.4 is 4.74 Å². The number of methoxy groups -OCH3 is 1. The van der Waals surface area contributed by atoms with Crippen LogP contribution in [0.4, 0.5) is 0 Å². The molecule has 1 amide bonds. The molecule has 9 heteroatoms. The van der Waals surface area contributed by atoms with Crippen LogP contribution in [0.15, 0.2) is 58.4 Å². The molecule has 1 aromatic carbocycles. The third-order valence-electron chi connectivity index (χ3n) is 4.47. The summed E-state index contributed by atoms with van der Waals surface area (Å²) in [6.45, 7) is 0. The molecule has 0 unspecified atom stereocenters. The van der Waals surface area contributed by atoms with Crippen molar-refractivity contribution in [2.45, 2.75) is 17.6 Å². The highest BCUT2D eigenvalue weighted by molar-refractivity contribution is 7.99. The first-order valence-corrected chi connectivity index (χ1v) is 10.6. The maximum atomic E-state index is 13.0. The zero-order chi connectivity index (χ0) is 19.5. The van der Waals surface area contributed by atoms with Crippen molar-refractivity contribution in [3.63, 3.8) is 0 Å². The van der Waals surface area contributed by atoms with Crippen LogP contribution in [0.2, 0.25) is 0 Å². The van der Waals surface area contributed by atoms with E-state index in [2.05, 4.69) is 15.3 Å². The normalized spacial score (nSPS) is 16.3. The van der Waals surface area contributed by atoms with E-state index < -0.39 is 0 Å². The van der Waals surface area contributed by atoms with E-state index in [0.29, 0.717) is 11.6 Å². The Morgan fingerprint density at radius 1 is 1.32 bits per heavy atom. The quantitative estimate of drug-likeness (QED) is 0.580. The molecule has 0 spiro atoms. The number of thiophene rings is 1. The summed E-state index contributed by atoms with van der Waals surface area (Å²) in [5.41, 5.74) is 1.97. The molecule has 2 aromatic heterocycles. The zero-order valence-corrected chi connectivity index (χ0v) is 17.1. The Morgan fingerprint density at radius 2 is 2.14 bits per heavy atom. The van der Waals surface area contributed by atoms with Gasteiger partial charge < -0.3 is 9.30 Å². The van der Waals surface area contributed by atoms with Gasteiger partial charge in [0, 0.05) is 13.5 Å². The number of aryl methyl sites for hydroxylation is 1. The number of hydrogen-bond donors (Lipinski definition) is 0. The minimum absolute atomic E-state index is 0.0552. The molecular weight excluding hydrogens is 394 g/mol. The average molecular weight is 414 g/mol. The molecule has 1 atom stereocenters. The Bertz CT molecular complexity index is 982. The molecule has 0 saturated heterocycles. The zero-order valence-electron chi connectivity index (χ0n) is 15.5. The second-order valence-electron chi connectivity index (χ2n) is 6.27. The van der Waals surface area contributed by atoms with Gasteiger partial charge in [0.15, 0.2) is 5.16 Å². The summed E-state index contributed by atoms with van der Waals surface area (Å²) < 4.78 is 7.05. The van der Waals surface area contributed by atoms with Gasteiger partial charge >= 0.3 is 0 Å². The minimum atomic E-state index is -0.129. The van der Waals surface area contributed by atoms with Crippen LogP contribution in [-0.4, -0.2) is 44.3 Å². The Morgan fingerprint density at radius 3 is 2.79 bits per heavy atom. The molecule has 0 aliphatic carbocycles. The molecule has 0 fully saturated rings. The Balaban J connectivity index is 1.57. The highest BCUT2D eigenvalue weighted by atomic mass is 32.2. The fourth-order valence-electron chi connectivity index (χ4n) is 3.01. The summed E-state index contributed by atoms with van der Waals surface area (Å²) in [5.74, 6) is 0.984. The highest BCUT2D eigenvalue weighted by Gasteiger charge is 2.33. The lowest BCUT2D eigenvalue weighted by atomic mass is 10.0. The first-order valence-electron chi connectivity index (χ1n) is 8.70. The first kappa shape index (κ1) is 18.7. The predicted octanol–water partition coefficient (Wildman–Crippen LogP) is 3.36. The van der Waals surface area contributed by atoms with E-state index in [1.165, 1.54) is 11.8 Å². The summed E-state index contributed by atoms with van der Waals surface area (Å²) >= 11 is 3.00. The molecule has 0 saturated carbocycles. The first-order chi connectivity index (χ1) is 13.7. The van der Waals surface area contributed by atoms with E-state index in [-0.39, 0.29) is 17.7 Å². The van der Waals surface area contributed by atoms with E-state index in [0.717, 1.165) is 21.9 Å². The van der Waals surface area contributed by atoms with Crippen molar-refractivity contribution >= 4 is 34.7 Å². The van der Waals surface area contributed by atoms with Crippen LogP contribution in [0.1, 0.15) is 22.9 Å². The van der Waals surface area contributed by atoms with Gasteiger partial charge in [0.2, 0.25) is 0 Å². The highest BCUT2D eigenvalue weighted by Crippen LogP contribution is 2.35. The maximum absolute atomic E-state index is 13.0. The lowest BCUT2D eigenvalue weighted by molar-refractivity contribution is -0.130. The summed E-state index contributed by atoms with van der Waals surface area (Å²) in [4.78, 5) is 14.1. The number of amides is 1. The summed E-state index contributed by atoms with van der Waals surface area (Å²) in [6.07, 6.45) is 2.31. The number of hydrazone groups is 1. The van der Waals surface area contributed by atoms with Gasteiger partial charge in [-0.1, -0.05) is 30.0 Å². The summed E-state index contributed by atoms with van der Waals surface area (Å²) in [7, 11) is 3.50. The Hall–Kier alpha value is -2.65. The molecule has 1 aliphatic heterocycles. The lowest BCUT2D eigenvalue weighted by Gasteiger charge is -2.22. The smallest absolute Gasteiger partial charge is 0.253 e. The van der Waals surface area contributed by atoms with Crippen LogP contribution in [-0.2, 0) is 11.8 Å². The largest absolute Gasteiger partial charge is 0.497 e. The van der Waals surface area contributed by atoms with Crippen LogP contribution in [0.5, 0.6) is 5.75 Å². The molecular formula is C19H19N5O2S2. The third-order valence-corrected chi connectivity index (χ3v) is 6.40.